The van der Waals surface area contributed by atoms with Crippen LogP contribution >= 0.6 is 0 Å². The number of fused-ring (bicyclic) bond motifs is 1. The fraction of sp³-hybridized carbons (Fsp3) is 0.526. The molecule has 0 amide bonds. The molecule has 2 heterocycles. The van der Waals surface area contributed by atoms with E-state index in [0.29, 0.717) is 23.3 Å². The van der Waals surface area contributed by atoms with Crippen LogP contribution in [-0.2, 0) is 13.0 Å². The Morgan fingerprint density at radius 1 is 1.39 bits per heavy atom. The molecule has 0 bridgehead atoms. The SMILES string of the molecule is CCc1cc(=O)oc2cc(C)c(CN3CCC[C@@H](C)C3)c(O)c12. The fourth-order valence-corrected chi connectivity index (χ4v) is 3.69. The lowest BCUT2D eigenvalue weighted by molar-refractivity contribution is 0.175. The third-order valence-corrected chi connectivity index (χ3v) is 4.92. The van der Waals surface area contributed by atoms with Gasteiger partial charge in [-0.2, -0.15) is 0 Å². The molecule has 124 valence electrons. The van der Waals surface area contributed by atoms with Crippen molar-refractivity contribution < 1.29 is 9.52 Å². The first-order valence-electron chi connectivity index (χ1n) is 8.50. The number of piperidine rings is 1. The minimum absolute atomic E-state index is 0.277. The van der Waals surface area contributed by atoms with Crippen molar-refractivity contribution in [2.24, 2.45) is 5.92 Å². The molecule has 1 aromatic carbocycles. The summed E-state index contributed by atoms with van der Waals surface area (Å²) < 4.78 is 5.30. The molecule has 1 aliphatic heterocycles. The molecule has 1 atom stereocenters. The maximum absolute atomic E-state index is 11.7. The average molecular weight is 315 g/mol. The highest BCUT2D eigenvalue weighted by atomic mass is 16.4. The second-order valence-electron chi connectivity index (χ2n) is 6.82. The van der Waals surface area contributed by atoms with Crippen LogP contribution in [0.25, 0.3) is 11.0 Å². The van der Waals surface area contributed by atoms with Crippen LogP contribution in [0.15, 0.2) is 21.3 Å². The van der Waals surface area contributed by atoms with Crippen molar-refractivity contribution in [3.05, 3.63) is 39.2 Å². The second-order valence-corrected chi connectivity index (χ2v) is 6.82. The molecule has 0 aliphatic carbocycles. The maximum Gasteiger partial charge on any atom is 0.336 e. The zero-order valence-corrected chi connectivity index (χ0v) is 14.2. The van der Waals surface area contributed by atoms with Gasteiger partial charge in [-0.15, -0.1) is 0 Å². The van der Waals surface area contributed by atoms with Gasteiger partial charge in [-0.1, -0.05) is 13.8 Å². The van der Waals surface area contributed by atoms with Crippen LogP contribution in [0.5, 0.6) is 5.75 Å². The number of benzene rings is 1. The van der Waals surface area contributed by atoms with Gasteiger partial charge in [-0.3, -0.25) is 4.90 Å². The van der Waals surface area contributed by atoms with E-state index in [4.69, 9.17) is 4.42 Å². The summed E-state index contributed by atoms with van der Waals surface area (Å²) in [6.45, 7) is 9.14. The maximum atomic E-state index is 11.7. The summed E-state index contributed by atoms with van der Waals surface area (Å²) in [5.41, 5.74) is 2.91. The summed E-state index contributed by atoms with van der Waals surface area (Å²) in [6, 6.07) is 3.38. The van der Waals surface area contributed by atoms with Crippen molar-refractivity contribution in [2.45, 2.75) is 46.6 Å². The fourth-order valence-electron chi connectivity index (χ4n) is 3.69. The van der Waals surface area contributed by atoms with Crippen molar-refractivity contribution in [3.8, 4) is 5.75 Å². The molecule has 23 heavy (non-hydrogen) atoms. The Hall–Kier alpha value is -1.81. The van der Waals surface area contributed by atoms with Crippen molar-refractivity contribution >= 4 is 11.0 Å². The van der Waals surface area contributed by atoms with Crippen LogP contribution in [0.2, 0.25) is 0 Å². The Balaban J connectivity index is 2.06. The Morgan fingerprint density at radius 3 is 2.87 bits per heavy atom. The van der Waals surface area contributed by atoms with Gasteiger partial charge in [0.25, 0.3) is 0 Å². The highest BCUT2D eigenvalue weighted by Gasteiger charge is 2.21. The van der Waals surface area contributed by atoms with Crippen molar-refractivity contribution in [3.63, 3.8) is 0 Å². The predicted molar refractivity (Wildman–Crippen MR) is 91.9 cm³/mol. The highest BCUT2D eigenvalue weighted by molar-refractivity contribution is 5.88. The predicted octanol–water partition coefficient (Wildman–Crippen LogP) is 3.60. The summed E-state index contributed by atoms with van der Waals surface area (Å²) in [5.74, 6) is 0.981. The average Bonchev–Trinajstić information content (AvgIpc) is 2.50. The Morgan fingerprint density at radius 2 is 2.17 bits per heavy atom. The van der Waals surface area contributed by atoms with Crippen LogP contribution in [0, 0.1) is 12.8 Å². The highest BCUT2D eigenvalue weighted by Crippen LogP contribution is 2.35. The van der Waals surface area contributed by atoms with Crippen molar-refractivity contribution in [2.75, 3.05) is 13.1 Å². The molecular formula is C19H25NO3. The van der Waals surface area contributed by atoms with Crippen LogP contribution < -0.4 is 5.63 Å². The third kappa shape index (κ3) is 3.13. The number of phenolic OH excluding ortho intramolecular Hbond substituents is 1. The molecule has 0 saturated carbocycles. The van der Waals surface area contributed by atoms with E-state index in [1.54, 1.807) is 0 Å². The second kappa shape index (κ2) is 6.36. The molecule has 2 aromatic rings. The number of hydrogen-bond acceptors (Lipinski definition) is 4. The van der Waals surface area contributed by atoms with Gasteiger partial charge in [-0.25, -0.2) is 4.79 Å². The molecule has 0 unspecified atom stereocenters. The Labute approximate surface area is 136 Å². The summed E-state index contributed by atoms with van der Waals surface area (Å²) in [7, 11) is 0. The molecule has 1 N–H and O–H groups in total. The van der Waals surface area contributed by atoms with Crippen molar-refractivity contribution in [1.29, 1.82) is 0 Å². The van der Waals surface area contributed by atoms with Gasteiger partial charge in [0.15, 0.2) is 0 Å². The molecule has 1 aromatic heterocycles. The molecule has 1 fully saturated rings. The quantitative estimate of drug-likeness (QED) is 0.879. The zero-order chi connectivity index (χ0) is 16.6. The van der Waals surface area contributed by atoms with Crippen LogP contribution in [-0.4, -0.2) is 23.1 Å². The Bertz CT molecular complexity index is 778. The van der Waals surface area contributed by atoms with E-state index >= 15 is 0 Å². The number of hydrogen-bond donors (Lipinski definition) is 1. The monoisotopic (exact) mass is 315 g/mol. The summed E-state index contributed by atoms with van der Waals surface area (Å²) in [6.07, 6.45) is 3.19. The number of aromatic hydroxyl groups is 1. The molecule has 0 spiro atoms. The molecule has 0 radical (unpaired) electrons. The third-order valence-electron chi connectivity index (χ3n) is 4.92. The summed E-state index contributed by atoms with van der Waals surface area (Å²) in [4.78, 5) is 14.1. The zero-order valence-electron chi connectivity index (χ0n) is 14.2. The molecule has 4 heteroatoms. The van der Waals surface area contributed by atoms with E-state index in [1.807, 2.05) is 19.9 Å². The first-order chi connectivity index (χ1) is 11.0. The molecule has 1 aliphatic rings. The number of aryl methyl sites for hydroxylation is 2. The number of nitrogens with zero attached hydrogens (tertiary/aromatic N) is 1. The topological polar surface area (TPSA) is 53.7 Å². The van der Waals surface area contributed by atoms with Gasteiger partial charge in [0.05, 0.1) is 5.39 Å². The van der Waals surface area contributed by atoms with Crippen LogP contribution in [0.4, 0.5) is 0 Å². The first kappa shape index (κ1) is 16.1. The van der Waals surface area contributed by atoms with Gasteiger partial charge in [0.2, 0.25) is 0 Å². The Kier molecular flexibility index (Phi) is 4.44. The minimum Gasteiger partial charge on any atom is -0.507 e. The number of likely N-dealkylation sites (tertiary alicyclic amines) is 1. The smallest absolute Gasteiger partial charge is 0.336 e. The van der Waals surface area contributed by atoms with E-state index in [2.05, 4.69) is 11.8 Å². The normalized spacial score (nSPS) is 19.3. The van der Waals surface area contributed by atoms with Gasteiger partial charge in [0.1, 0.15) is 11.3 Å². The van der Waals surface area contributed by atoms with Crippen LogP contribution in [0.3, 0.4) is 0 Å². The van der Waals surface area contributed by atoms with Crippen molar-refractivity contribution in [1.82, 2.24) is 4.90 Å². The summed E-state index contributed by atoms with van der Waals surface area (Å²) >= 11 is 0. The van der Waals surface area contributed by atoms with E-state index in [9.17, 15) is 9.90 Å². The molecule has 4 nitrogen and oxygen atoms in total. The van der Waals surface area contributed by atoms with E-state index in [1.165, 1.54) is 18.9 Å². The van der Waals surface area contributed by atoms with Gasteiger partial charge < -0.3 is 9.52 Å². The first-order valence-corrected chi connectivity index (χ1v) is 8.50. The standard InChI is InChI=1S/C19H25NO3/c1-4-14-9-17(21)23-16-8-13(3)15(19(22)18(14)16)11-20-7-5-6-12(2)10-20/h8-9,12,22H,4-7,10-11H2,1-3H3/t12-/m1/s1. The lowest BCUT2D eigenvalue weighted by Gasteiger charge is -2.31. The molecule has 3 rings (SSSR count). The number of phenols is 1. The van der Waals surface area contributed by atoms with Crippen LogP contribution in [0.1, 0.15) is 43.4 Å². The van der Waals surface area contributed by atoms with Gasteiger partial charge >= 0.3 is 5.63 Å². The lowest BCUT2D eigenvalue weighted by atomic mass is 9.96. The van der Waals surface area contributed by atoms with E-state index in [-0.39, 0.29) is 11.4 Å². The molecule has 1 saturated heterocycles. The van der Waals surface area contributed by atoms with Gasteiger partial charge in [0, 0.05) is 24.7 Å². The number of rotatable bonds is 3. The van der Waals surface area contributed by atoms with E-state index < -0.39 is 0 Å². The van der Waals surface area contributed by atoms with Gasteiger partial charge in [-0.05, 0) is 55.8 Å². The molecular weight excluding hydrogens is 290 g/mol. The minimum atomic E-state index is -0.356. The lowest BCUT2D eigenvalue weighted by Crippen LogP contribution is -2.33. The summed E-state index contributed by atoms with van der Waals surface area (Å²) in [5, 5.41) is 11.5. The van der Waals surface area contributed by atoms with E-state index in [0.717, 1.165) is 36.3 Å². The largest absolute Gasteiger partial charge is 0.507 e.